The largest absolute Gasteiger partial charge is 0.490 e. The molecule has 0 spiro atoms. The minimum Gasteiger partial charge on any atom is -0.490 e. The minimum atomic E-state index is -0.595. The number of rotatable bonds is 2. The molecule has 80 valence electrons. The van der Waals surface area contributed by atoms with Crippen LogP contribution in [0.15, 0.2) is 18.2 Å². The van der Waals surface area contributed by atoms with Crippen molar-refractivity contribution in [2.45, 2.75) is 12.5 Å². The van der Waals surface area contributed by atoms with Gasteiger partial charge in [0.1, 0.15) is 6.29 Å². The van der Waals surface area contributed by atoms with Crippen molar-refractivity contribution in [2.75, 3.05) is 13.2 Å². The van der Waals surface area contributed by atoms with Gasteiger partial charge in [0.05, 0.1) is 19.3 Å². The van der Waals surface area contributed by atoms with Crippen molar-refractivity contribution in [2.24, 2.45) is 5.73 Å². The molecular formula is C11H13NO3. The first-order valence-electron chi connectivity index (χ1n) is 4.91. The van der Waals surface area contributed by atoms with Crippen LogP contribution < -0.4 is 15.2 Å². The molecule has 4 heteroatoms. The van der Waals surface area contributed by atoms with Crippen LogP contribution in [0.1, 0.15) is 18.0 Å². The lowest BCUT2D eigenvalue weighted by molar-refractivity contribution is -0.109. The molecule has 1 atom stereocenters. The lowest BCUT2D eigenvalue weighted by atomic mass is 10.1. The van der Waals surface area contributed by atoms with Crippen LogP contribution in [-0.2, 0) is 4.79 Å². The van der Waals surface area contributed by atoms with Crippen LogP contribution in [0.5, 0.6) is 11.5 Å². The molecule has 0 aromatic heterocycles. The SMILES string of the molecule is NC(C=O)c1ccc2c(c1)OCCCO2. The van der Waals surface area contributed by atoms with Gasteiger partial charge in [-0.15, -0.1) is 0 Å². The van der Waals surface area contributed by atoms with Crippen molar-refractivity contribution in [3.05, 3.63) is 23.8 Å². The minimum absolute atomic E-state index is 0.595. The van der Waals surface area contributed by atoms with Crippen molar-refractivity contribution < 1.29 is 14.3 Å². The molecule has 0 radical (unpaired) electrons. The van der Waals surface area contributed by atoms with Crippen LogP contribution >= 0.6 is 0 Å². The lowest BCUT2D eigenvalue weighted by Crippen LogP contribution is -2.11. The Morgan fingerprint density at radius 3 is 2.73 bits per heavy atom. The van der Waals surface area contributed by atoms with Crippen molar-refractivity contribution in [3.8, 4) is 11.5 Å². The molecular weight excluding hydrogens is 194 g/mol. The number of carbonyl (C=O) groups is 1. The smallest absolute Gasteiger partial charge is 0.161 e. The molecule has 15 heavy (non-hydrogen) atoms. The van der Waals surface area contributed by atoms with Gasteiger partial charge in [-0.3, -0.25) is 0 Å². The van der Waals surface area contributed by atoms with E-state index < -0.39 is 6.04 Å². The quantitative estimate of drug-likeness (QED) is 0.736. The number of benzene rings is 1. The van der Waals surface area contributed by atoms with Gasteiger partial charge >= 0.3 is 0 Å². The van der Waals surface area contributed by atoms with Crippen molar-refractivity contribution in [1.29, 1.82) is 0 Å². The number of aldehydes is 1. The van der Waals surface area contributed by atoms with E-state index in [1.165, 1.54) is 0 Å². The Morgan fingerprint density at radius 2 is 2.00 bits per heavy atom. The van der Waals surface area contributed by atoms with Gasteiger partial charge in [-0.1, -0.05) is 6.07 Å². The summed E-state index contributed by atoms with van der Waals surface area (Å²) in [5.74, 6) is 1.39. The van der Waals surface area contributed by atoms with Gasteiger partial charge in [0, 0.05) is 6.42 Å². The van der Waals surface area contributed by atoms with Gasteiger partial charge in [0.25, 0.3) is 0 Å². The van der Waals surface area contributed by atoms with Crippen LogP contribution in [0.3, 0.4) is 0 Å². The third-order valence-electron chi connectivity index (χ3n) is 2.30. The predicted molar refractivity (Wildman–Crippen MR) is 55.0 cm³/mol. The summed E-state index contributed by atoms with van der Waals surface area (Å²) in [6, 6.07) is 4.74. The van der Waals surface area contributed by atoms with E-state index in [0.717, 1.165) is 12.0 Å². The van der Waals surface area contributed by atoms with Gasteiger partial charge in [-0.05, 0) is 17.7 Å². The Balaban J connectivity index is 2.31. The molecule has 1 aliphatic heterocycles. The molecule has 0 amide bonds. The maximum absolute atomic E-state index is 10.5. The van der Waals surface area contributed by atoms with E-state index in [0.29, 0.717) is 31.0 Å². The Bertz CT molecular complexity index is 365. The Hall–Kier alpha value is -1.55. The molecule has 1 aromatic rings. The van der Waals surface area contributed by atoms with E-state index in [1.807, 2.05) is 0 Å². The molecule has 1 unspecified atom stereocenters. The Kier molecular flexibility index (Phi) is 2.87. The zero-order valence-electron chi connectivity index (χ0n) is 8.31. The van der Waals surface area contributed by atoms with Crippen LogP contribution in [0.4, 0.5) is 0 Å². The number of carbonyl (C=O) groups excluding carboxylic acids is 1. The van der Waals surface area contributed by atoms with Crippen LogP contribution in [0, 0.1) is 0 Å². The van der Waals surface area contributed by atoms with Crippen molar-refractivity contribution >= 4 is 6.29 Å². The second-order valence-electron chi connectivity index (χ2n) is 3.42. The average molecular weight is 207 g/mol. The Labute approximate surface area is 88.0 Å². The molecule has 0 fully saturated rings. The summed E-state index contributed by atoms with van der Waals surface area (Å²) in [6.07, 6.45) is 1.57. The first kappa shape index (κ1) is 9.98. The van der Waals surface area contributed by atoms with Crippen LogP contribution in [-0.4, -0.2) is 19.5 Å². The van der Waals surface area contributed by atoms with Gasteiger partial charge in [0.15, 0.2) is 11.5 Å². The standard InChI is InChI=1S/C11H13NO3/c12-9(7-13)8-2-3-10-11(6-8)15-5-1-4-14-10/h2-3,6-7,9H,1,4-5,12H2. The molecule has 0 saturated heterocycles. The summed E-state index contributed by atoms with van der Waals surface area (Å²) in [5, 5.41) is 0. The highest BCUT2D eigenvalue weighted by Gasteiger charge is 2.13. The highest BCUT2D eigenvalue weighted by atomic mass is 16.5. The van der Waals surface area contributed by atoms with Crippen molar-refractivity contribution in [1.82, 2.24) is 0 Å². The number of fused-ring (bicyclic) bond motifs is 1. The van der Waals surface area contributed by atoms with E-state index in [4.69, 9.17) is 15.2 Å². The molecule has 0 saturated carbocycles. The topological polar surface area (TPSA) is 61.6 Å². The summed E-state index contributed by atoms with van der Waals surface area (Å²) in [7, 11) is 0. The van der Waals surface area contributed by atoms with E-state index >= 15 is 0 Å². The van der Waals surface area contributed by atoms with E-state index in [2.05, 4.69) is 0 Å². The van der Waals surface area contributed by atoms with Gasteiger partial charge in [-0.2, -0.15) is 0 Å². The molecule has 1 heterocycles. The van der Waals surface area contributed by atoms with Crippen molar-refractivity contribution in [3.63, 3.8) is 0 Å². The molecule has 0 aliphatic carbocycles. The number of ether oxygens (including phenoxy) is 2. The van der Waals surface area contributed by atoms with Gasteiger partial charge in [0.2, 0.25) is 0 Å². The molecule has 2 N–H and O–H groups in total. The monoisotopic (exact) mass is 207 g/mol. The maximum Gasteiger partial charge on any atom is 0.161 e. The fourth-order valence-corrected chi connectivity index (χ4v) is 1.47. The third-order valence-corrected chi connectivity index (χ3v) is 2.30. The van der Waals surface area contributed by atoms with Gasteiger partial charge < -0.3 is 20.0 Å². The first-order valence-corrected chi connectivity index (χ1v) is 4.91. The summed E-state index contributed by atoms with van der Waals surface area (Å²) >= 11 is 0. The summed E-state index contributed by atoms with van der Waals surface area (Å²) in [5.41, 5.74) is 6.35. The second-order valence-corrected chi connectivity index (χ2v) is 3.42. The third kappa shape index (κ3) is 2.10. The van der Waals surface area contributed by atoms with Crippen LogP contribution in [0.25, 0.3) is 0 Å². The predicted octanol–water partition coefficient (Wildman–Crippen LogP) is 1.05. The molecule has 1 aromatic carbocycles. The summed E-state index contributed by atoms with van der Waals surface area (Å²) in [6.45, 7) is 1.29. The first-order chi connectivity index (χ1) is 7.31. The second kappa shape index (κ2) is 4.31. The number of nitrogens with two attached hydrogens (primary N) is 1. The Morgan fingerprint density at radius 1 is 1.27 bits per heavy atom. The number of hydrogen-bond donors (Lipinski definition) is 1. The zero-order chi connectivity index (χ0) is 10.7. The average Bonchev–Trinajstić information content (AvgIpc) is 2.51. The highest BCUT2D eigenvalue weighted by Crippen LogP contribution is 2.31. The van der Waals surface area contributed by atoms with E-state index in [1.54, 1.807) is 18.2 Å². The normalized spacial score (nSPS) is 16.6. The fourth-order valence-electron chi connectivity index (χ4n) is 1.47. The molecule has 0 bridgehead atoms. The zero-order valence-corrected chi connectivity index (χ0v) is 8.31. The molecule has 1 aliphatic rings. The highest BCUT2D eigenvalue weighted by molar-refractivity contribution is 5.62. The maximum atomic E-state index is 10.5. The molecule has 4 nitrogen and oxygen atoms in total. The fraction of sp³-hybridized carbons (Fsp3) is 0.364. The van der Waals surface area contributed by atoms with E-state index in [-0.39, 0.29) is 0 Å². The number of hydrogen-bond acceptors (Lipinski definition) is 4. The summed E-state index contributed by atoms with van der Waals surface area (Å²) < 4.78 is 10.9. The lowest BCUT2D eigenvalue weighted by Gasteiger charge is -2.10. The van der Waals surface area contributed by atoms with E-state index in [9.17, 15) is 4.79 Å². The van der Waals surface area contributed by atoms with Gasteiger partial charge in [-0.25, -0.2) is 0 Å². The molecule has 2 rings (SSSR count). The van der Waals surface area contributed by atoms with Crippen LogP contribution in [0.2, 0.25) is 0 Å². The summed E-state index contributed by atoms with van der Waals surface area (Å²) in [4.78, 5) is 10.5.